The lowest BCUT2D eigenvalue weighted by atomic mass is 10.1. The zero-order valence-corrected chi connectivity index (χ0v) is 12.9. The van der Waals surface area contributed by atoms with Gasteiger partial charge in [-0.15, -0.1) is 11.3 Å². The van der Waals surface area contributed by atoms with Crippen molar-refractivity contribution in [3.8, 4) is 0 Å². The van der Waals surface area contributed by atoms with Crippen LogP contribution in [0.15, 0.2) is 46.3 Å². The number of hydrogen-bond acceptors (Lipinski definition) is 5. The van der Waals surface area contributed by atoms with E-state index < -0.39 is 0 Å². The molecule has 4 nitrogen and oxygen atoms in total. The van der Waals surface area contributed by atoms with E-state index in [0.29, 0.717) is 18.3 Å². The Hall–Kier alpha value is -2.05. The molecule has 0 aliphatic heterocycles. The summed E-state index contributed by atoms with van der Waals surface area (Å²) < 4.78 is 18.3. The fourth-order valence-corrected chi connectivity index (χ4v) is 3.02. The highest BCUT2D eigenvalue weighted by Gasteiger charge is 2.16. The smallest absolute Gasteiger partial charge is 0.240 e. The maximum absolute atomic E-state index is 13.1. The van der Waals surface area contributed by atoms with Gasteiger partial charge < -0.3 is 4.52 Å². The lowest BCUT2D eigenvalue weighted by Crippen LogP contribution is -2.21. The highest BCUT2D eigenvalue weighted by molar-refractivity contribution is 7.10. The molecule has 3 rings (SSSR count). The Morgan fingerprint density at radius 1 is 1.27 bits per heavy atom. The van der Waals surface area contributed by atoms with E-state index in [1.165, 1.54) is 12.1 Å². The van der Waals surface area contributed by atoms with Gasteiger partial charge in [0.1, 0.15) is 5.82 Å². The number of hydrogen-bond donors (Lipinski definition) is 1. The lowest BCUT2D eigenvalue weighted by molar-refractivity contribution is 0.359. The van der Waals surface area contributed by atoms with Crippen LogP contribution in [-0.2, 0) is 13.0 Å². The number of aryl methyl sites for hydroxylation is 1. The second-order valence-corrected chi connectivity index (χ2v) is 5.82. The van der Waals surface area contributed by atoms with Crippen LogP contribution in [0.1, 0.15) is 35.1 Å². The maximum atomic E-state index is 13.1. The van der Waals surface area contributed by atoms with Crippen LogP contribution in [0.4, 0.5) is 4.39 Å². The average Bonchev–Trinajstić information content (AvgIpc) is 3.21. The van der Waals surface area contributed by atoms with Gasteiger partial charge in [0.15, 0.2) is 5.82 Å². The topological polar surface area (TPSA) is 51.0 Å². The summed E-state index contributed by atoms with van der Waals surface area (Å²) in [6.45, 7) is 2.45. The number of benzene rings is 1. The van der Waals surface area contributed by atoms with E-state index in [-0.39, 0.29) is 11.9 Å². The molecule has 114 valence electrons. The summed E-state index contributed by atoms with van der Waals surface area (Å²) in [6.07, 6.45) is 0.746. The molecule has 0 radical (unpaired) electrons. The van der Waals surface area contributed by atoms with Crippen molar-refractivity contribution >= 4 is 11.3 Å². The lowest BCUT2D eigenvalue weighted by Gasteiger charge is -2.17. The number of rotatable bonds is 6. The normalized spacial score (nSPS) is 12.5. The van der Waals surface area contributed by atoms with Crippen LogP contribution in [0, 0.1) is 5.82 Å². The van der Waals surface area contributed by atoms with Crippen molar-refractivity contribution in [2.24, 2.45) is 0 Å². The quantitative estimate of drug-likeness (QED) is 0.753. The molecule has 0 saturated heterocycles. The molecular formula is C16H16FN3OS. The van der Waals surface area contributed by atoms with Crippen LogP contribution in [0.3, 0.4) is 0 Å². The minimum Gasteiger partial charge on any atom is -0.338 e. The van der Waals surface area contributed by atoms with Gasteiger partial charge >= 0.3 is 0 Å². The SMILES string of the molecule is CCc1noc(CNC(c2ccc(F)cc2)c2cccs2)n1. The molecule has 1 N–H and O–H groups in total. The second kappa shape index (κ2) is 6.81. The molecule has 6 heteroatoms. The highest BCUT2D eigenvalue weighted by atomic mass is 32.1. The van der Waals surface area contributed by atoms with Gasteiger partial charge in [-0.1, -0.05) is 30.3 Å². The predicted molar refractivity (Wildman–Crippen MR) is 83.1 cm³/mol. The first-order chi connectivity index (χ1) is 10.8. The van der Waals surface area contributed by atoms with E-state index in [1.807, 2.05) is 18.4 Å². The first-order valence-corrected chi connectivity index (χ1v) is 7.98. The van der Waals surface area contributed by atoms with Crippen molar-refractivity contribution in [3.05, 3.63) is 69.8 Å². The number of nitrogens with zero attached hydrogens (tertiary/aromatic N) is 2. The molecule has 0 aliphatic carbocycles. The Labute approximate surface area is 132 Å². The summed E-state index contributed by atoms with van der Waals surface area (Å²) >= 11 is 1.65. The van der Waals surface area contributed by atoms with E-state index in [2.05, 4.69) is 21.5 Å². The molecule has 0 fully saturated rings. The van der Waals surface area contributed by atoms with E-state index in [9.17, 15) is 4.39 Å². The van der Waals surface area contributed by atoms with Crippen LogP contribution in [0.5, 0.6) is 0 Å². The Kier molecular flexibility index (Phi) is 4.60. The van der Waals surface area contributed by atoms with Gasteiger partial charge in [-0.3, -0.25) is 5.32 Å². The molecule has 2 aromatic heterocycles. The molecule has 1 unspecified atom stereocenters. The number of nitrogens with one attached hydrogen (secondary N) is 1. The summed E-state index contributed by atoms with van der Waals surface area (Å²) in [5.41, 5.74) is 0.999. The third-order valence-corrected chi connectivity index (χ3v) is 4.25. The number of halogens is 1. The minimum atomic E-state index is -0.238. The summed E-state index contributed by atoms with van der Waals surface area (Å²) in [5, 5.41) is 9.31. The van der Waals surface area contributed by atoms with E-state index in [1.54, 1.807) is 23.5 Å². The van der Waals surface area contributed by atoms with Gasteiger partial charge in [0.05, 0.1) is 12.6 Å². The standard InChI is InChI=1S/C16H16FN3OS/c1-2-14-19-15(21-20-14)10-18-16(13-4-3-9-22-13)11-5-7-12(17)8-6-11/h3-9,16,18H,2,10H2,1H3. The van der Waals surface area contributed by atoms with Gasteiger partial charge in [-0.2, -0.15) is 4.98 Å². The van der Waals surface area contributed by atoms with Crippen molar-refractivity contribution in [3.63, 3.8) is 0 Å². The maximum Gasteiger partial charge on any atom is 0.240 e. The summed E-state index contributed by atoms with van der Waals surface area (Å²) in [6, 6.07) is 10.5. The average molecular weight is 317 g/mol. The fourth-order valence-electron chi connectivity index (χ4n) is 2.19. The van der Waals surface area contributed by atoms with E-state index in [4.69, 9.17) is 4.52 Å². The van der Waals surface area contributed by atoms with Crippen molar-refractivity contribution < 1.29 is 8.91 Å². The fraction of sp³-hybridized carbons (Fsp3) is 0.250. The molecule has 0 aliphatic rings. The van der Waals surface area contributed by atoms with E-state index >= 15 is 0 Å². The summed E-state index contributed by atoms with van der Waals surface area (Å²) in [5.74, 6) is 1.02. The van der Waals surface area contributed by atoms with Crippen LogP contribution in [0.2, 0.25) is 0 Å². The van der Waals surface area contributed by atoms with Crippen molar-refractivity contribution in [2.45, 2.75) is 25.9 Å². The van der Waals surface area contributed by atoms with Crippen LogP contribution in [-0.4, -0.2) is 10.1 Å². The van der Waals surface area contributed by atoms with Crippen LogP contribution in [0.25, 0.3) is 0 Å². The first kappa shape index (κ1) is 14.9. The van der Waals surface area contributed by atoms with Gasteiger partial charge in [0.25, 0.3) is 0 Å². The van der Waals surface area contributed by atoms with Crippen molar-refractivity contribution in [1.29, 1.82) is 0 Å². The predicted octanol–water partition coefficient (Wildman–Crippen LogP) is 3.71. The van der Waals surface area contributed by atoms with Crippen LogP contribution < -0.4 is 5.32 Å². The largest absolute Gasteiger partial charge is 0.338 e. The monoisotopic (exact) mass is 317 g/mol. The Morgan fingerprint density at radius 3 is 2.73 bits per heavy atom. The van der Waals surface area contributed by atoms with E-state index in [0.717, 1.165) is 16.9 Å². The zero-order chi connectivity index (χ0) is 15.4. The molecule has 3 aromatic rings. The number of aromatic nitrogens is 2. The second-order valence-electron chi connectivity index (χ2n) is 4.84. The molecule has 22 heavy (non-hydrogen) atoms. The molecule has 0 saturated carbocycles. The summed E-state index contributed by atoms with van der Waals surface area (Å²) in [7, 11) is 0. The Morgan fingerprint density at radius 2 is 2.09 bits per heavy atom. The summed E-state index contributed by atoms with van der Waals surface area (Å²) in [4.78, 5) is 5.45. The first-order valence-electron chi connectivity index (χ1n) is 7.10. The highest BCUT2D eigenvalue weighted by Crippen LogP contribution is 2.26. The molecule has 1 atom stereocenters. The van der Waals surface area contributed by atoms with Gasteiger partial charge in [-0.05, 0) is 29.1 Å². The Bertz CT molecular complexity index is 709. The molecule has 0 amide bonds. The Balaban J connectivity index is 1.78. The molecule has 0 bridgehead atoms. The van der Waals surface area contributed by atoms with Crippen molar-refractivity contribution in [1.82, 2.24) is 15.5 Å². The van der Waals surface area contributed by atoms with Crippen molar-refractivity contribution in [2.75, 3.05) is 0 Å². The minimum absolute atomic E-state index is 0.0300. The molecular weight excluding hydrogens is 301 g/mol. The van der Waals surface area contributed by atoms with Crippen LogP contribution >= 0.6 is 11.3 Å². The molecule has 2 heterocycles. The van der Waals surface area contributed by atoms with Gasteiger partial charge in [0, 0.05) is 11.3 Å². The third-order valence-electron chi connectivity index (χ3n) is 3.31. The zero-order valence-electron chi connectivity index (χ0n) is 12.1. The van der Waals surface area contributed by atoms with Gasteiger partial charge in [0.2, 0.25) is 5.89 Å². The third kappa shape index (κ3) is 3.40. The molecule has 1 aromatic carbocycles. The molecule has 0 spiro atoms. The number of thiophene rings is 1. The van der Waals surface area contributed by atoms with Gasteiger partial charge in [-0.25, -0.2) is 4.39 Å².